The molecule has 6 nitrogen and oxygen atoms in total. The summed E-state index contributed by atoms with van der Waals surface area (Å²) in [5.41, 5.74) is 1.36. The van der Waals surface area contributed by atoms with Gasteiger partial charge in [-0.1, -0.05) is 6.07 Å². The lowest BCUT2D eigenvalue weighted by atomic mass is 10.1. The number of fused-ring (bicyclic) bond motifs is 1. The second-order valence-electron chi connectivity index (χ2n) is 4.90. The second-order valence-corrected chi connectivity index (χ2v) is 4.90. The maximum Gasteiger partial charge on any atom is 0.251 e. The molecule has 0 bridgehead atoms. The highest BCUT2D eigenvalue weighted by Crippen LogP contribution is 2.12. The number of aromatic nitrogens is 2. The molecule has 1 aromatic carbocycles. The zero-order chi connectivity index (χ0) is 14.5. The minimum Gasteiger partial charge on any atom is -0.354 e. The molecule has 1 aromatic heterocycles. The van der Waals surface area contributed by atoms with Crippen molar-refractivity contribution in [3.8, 4) is 0 Å². The van der Waals surface area contributed by atoms with Gasteiger partial charge in [-0.3, -0.25) is 14.7 Å². The van der Waals surface area contributed by atoms with Crippen molar-refractivity contribution >= 4 is 22.7 Å². The lowest BCUT2D eigenvalue weighted by molar-refractivity contribution is -0.121. The van der Waals surface area contributed by atoms with E-state index in [1.165, 1.54) is 0 Å². The van der Waals surface area contributed by atoms with Crippen LogP contribution in [0.3, 0.4) is 0 Å². The smallest absolute Gasteiger partial charge is 0.251 e. The van der Waals surface area contributed by atoms with Crippen LogP contribution in [0.1, 0.15) is 30.6 Å². The van der Waals surface area contributed by atoms with Crippen molar-refractivity contribution in [1.82, 2.24) is 20.8 Å². The Morgan fingerprint density at radius 3 is 2.90 bits per heavy atom. The third-order valence-corrected chi connectivity index (χ3v) is 2.79. The van der Waals surface area contributed by atoms with E-state index in [9.17, 15) is 9.59 Å². The van der Waals surface area contributed by atoms with Crippen LogP contribution in [0.4, 0.5) is 0 Å². The standard InChI is InChI=1S/C14H18N4O2/c1-9(2)17-13(19)5-6-15-14(20)10-3-4-11-8-16-18-12(11)7-10/h3-4,7-9H,5-6H2,1-2H3,(H,15,20)(H,16,18)(H,17,19). The number of carbonyl (C=O) groups is 2. The van der Waals surface area contributed by atoms with Crippen LogP contribution >= 0.6 is 0 Å². The zero-order valence-electron chi connectivity index (χ0n) is 11.6. The predicted molar refractivity (Wildman–Crippen MR) is 76.3 cm³/mol. The van der Waals surface area contributed by atoms with Gasteiger partial charge in [0.2, 0.25) is 5.91 Å². The maximum atomic E-state index is 11.9. The van der Waals surface area contributed by atoms with E-state index in [1.807, 2.05) is 19.9 Å². The summed E-state index contributed by atoms with van der Waals surface area (Å²) in [6, 6.07) is 5.42. The monoisotopic (exact) mass is 274 g/mol. The van der Waals surface area contributed by atoms with E-state index in [1.54, 1.807) is 18.3 Å². The summed E-state index contributed by atoms with van der Waals surface area (Å²) in [6.45, 7) is 4.12. The molecule has 1 heterocycles. The summed E-state index contributed by atoms with van der Waals surface area (Å²) < 4.78 is 0. The van der Waals surface area contributed by atoms with Gasteiger partial charge in [0.05, 0.1) is 11.7 Å². The molecule has 106 valence electrons. The summed E-state index contributed by atoms with van der Waals surface area (Å²) in [6.07, 6.45) is 1.98. The van der Waals surface area contributed by atoms with Gasteiger partial charge in [0.25, 0.3) is 5.91 Å². The van der Waals surface area contributed by atoms with E-state index in [2.05, 4.69) is 20.8 Å². The Hall–Kier alpha value is -2.37. The molecular formula is C14H18N4O2. The zero-order valence-corrected chi connectivity index (χ0v) is 11.6. The Morgan fingerprint density at radius 2 is 2.15 bits per heavy atom. The molecule has 2 rings (SSSR count). The minimum atomic E-state index is -0.196. The number of benzene rings is 1. The molecule has 2 amide bonds. The van der Waals surface area contributed by atoms with E-state index < -0.39 is 0 Å². The summed E-state index contributed by atoms with van der Waals surface area (Å²) in [7, 11) is 0. The summed E-state index contributed by atoms with van der Waals surface area (Å²) in [4.78, 5) is 23.4. The Bertz CT molecular complexity index is 618. The van der Waals surface area contributed by atoms with Gasteiger partial charge in [-0.05, 0) is 26.0 Å². The van der Waals surface area contributed by atoms with Crippen LogP contribution < -0.4 is 10.6 Å². The quantitative estimate of drug-likeness (QED) is 0.766. The second kappa shape index (κ2) is 6.18. The fraction of sp³-hybridized carbons (Fsp3) is 0.357. The van der Waals surface area contributed by atoms with Crippen LogP contribution in [-0.4, -0.2) is 34.6 Å². The molecule has 0 fully saturated rings. The van der Waals surface area contributed by atoms with Gasteiger partial charge >= 0.3 is 0 Å². The van der Waals surface area contributed by atoms with Gasteiger partial charge in [-0.25, -0.2) is 0 Å². The molecule has 0 unspecified atom stereocenters. The van der Waals surface area contributed by atoms with Crippen molar-refractivity contribution in [2.45, 2.75) is 26.3 Å². The van der Waals surface area contributed by atoms with E-state index in [0.717, 1.165) is 10.9 Å². The highest BCUT2D eigenvalue weighted by Gasteiger charge is 2.08. The number of H-pyrrole nitrogens is 1. The first-order chi connectivity index (χ1) is 9.56. The normalized spacial score (nSPS) is 10.8. The third kappa shape index (κ3) is 3.57. The highest BCUT2D eigenvalue weighted by atomic mass is 16.2. The first-order valence-electron chi connectivity index (χ1n) is 6.57. The molecule has 2 aromatic rings. The summed E-state index contributed by atoms with van der Waals surface area (Å²) >= 11 is 0. The average Bonchev–Trinajstić information content (AvgIpc) is 2.84. The molecule has 0 aliphatic rings. The van der Waals surface area contributed by atoms with Crippen LogP contribution in [0.2, 0.25) is 0 Å². The van der Waals surface area contributed by atoms with Crippen LogP contribution in [0.25, 0.3) is 10.9 Å². The van der Waals surface area contributed by atoms with Gasteiger partial charge in [-0.2, -0.15) is 5.10 Å². The SMILES string of the molecule is CC(C)NC(=O)CCNC(=O)c1ccc2cn[nH]c2c1. The molecule has 6 heteroatoms. The van der Waals surface area contributed by atoms with E-state index in [0.29, 0.717) is 12.1 Å². The number of nitrogens with zero attached hydrogens (tertiary/aromatic N) is 1. The average molecular weight is 274 g/mol. The molecule has 0 atom stereocenters. The van der Waals surface area contributed by atoms with E-state index in [-0.39, 0.29) is 24.3 Å². The Morgan fingerprint density at radius 1 is 1.35 bits per heavy atom. The Balaban J connectivity index is 1.87. The van der Waals surface area contributed by atoms with Gasteiger partial charge in [0, 0.05) is 30.0 Å². The van der Waals surface area contributed by atoms with Crippen LogP contribution in [0.15, 0.2) is 24.4 Å². The fourth-order valence-electron chi connectivity index (χ4n) is 1.86. The molecule has 0 saturated heterocycles. The lowest BCUT2D eigenvalue weighted by Gasteiger charge is -2.09. The molecule has 0 radical (unpaired) electrons. The topological polar surface area (TPSA) is 86.9 Å². The van der Waals surface area contributed by atoms with Gasteiger partial charge < -0.3 is 10.6 Å². The number of hydrogen-bond donors (Lipinski definition) is 3. The first kappa shape index (κ1) is 14.0. The maximum absolute atomic E-state index is 11.9. The largest absolute Gasteiger partial charge is 0.354 e. The van der Waals surface area contributed by atoms with Crippen LogP contribution in [0.5, 0.6) is 0 Å². The molecular weight excluding hydrogens is 256 g/mol. The summed E-state index contributed by atoms with van der Waals surface area (Å²) in [5, 5.41) is 13.2. The van der Waals surface area contributed by atoms with Crippen molar-refractivity contribution in [3.63, 3.8) is 0 Å². The number of nitrogens with one attached hydrogen (secondary N) is 3. The fourth-order valence-corrected chi connectivity index (χ4v) is 1.86. The van der Waals surface area contributed by atoms with E-state index >= 15 is 0 Å². The van der Waals surface area contributed by atoms with Crippen molar-refractivity contribution in [1.29, 1.82) is 0 Å². The number of aromatic amines is 1. The molecule has 0 aliphatic heterocycles. The number of rotatable bonds is 5. The lowest BCUT2D eigenvalue weighted by Crippen LogP contribution is -2.34. The van der Waals surface area contributed by atoms with Gasteiger partial charge in [0.1, 0.15) is 0 Å². The van der Waals surface area contributed by atoms with Crippen molar-refractivity contribution in [2.75, 3.05) is 6.54 Å². The van der Waals surface area contributed by atoms with Crippen molar-refractivity contribution in [2.24, 2.45) is 0 Å². The Labute approximate surface area is 116 Å². The number of carbonyl (C=O) groups excluding carboxylic acids is 2. The summed E-state index contributed by atoms with van der Waals surface area (Å²) in [5.74, 6) is -0.261. The van der Waals surface area contributed by atoms with Gasteiger partial charge in [-0.15, -0.1) is 0 Å². The number of hydrogen-bond acceptors (Lipinski definition) is 3. The van der Waals surface area contributed by atoms with Crippen molar-refractivity contribution < 1.29 is 9.59 Å². The molecule has 0 spiro atoms. The molecule has 20 heavy (non-hydrogen) atoms. The number of amides is 2. The van der Waals surface area contributed by atoms with E-state index in [4.69, 9.17) is 0 Å². The Kier molecular flexibility index (Phi) is 4.34. The molecule has 3 N–H and O–H groups in total. The molecule has 0 aliphatic carbocycles. The van der Waals surface area contributed by atoms with Gasteiger partial charge in [0.15, 0.2) is 0 Å². The third-order valence-electron chi connectivity index (χ3n) is 2.79. The first-order valence-corrected chi connectivity index (χ1v) is 6.57. The van der Waals surface area contributed by atoms with Crippen molar-refractivity contribution in [3.05, 3.63) is 30.0 Å². The van der Waals surface area contributed by atoms with Crippen LogP contribution in [-0.2, 0) is 4.79 Å². The minimum absolute atomic E-state index is 0.0654. The predicted octanol–water partition coefficient (Wildman–Crippen LogP) is 1.21. The highest BCUT2D eigenvalue weighted by molar-refractivity contribution is 5.97. The molecule has 0 saturated carbocycles. The van der Waals surface area contributed by atoms with Crippen LogP contribution in [0, 0.1) is 0 Å².